The van der Waals surface area contributed by atoms with Gasteiger partial charge in [-0.05, 0) is 60.6 Å². The quantitative estimate of drug-likeness (QED) is 0.138. The number of benzene rings is 2. The van der Waals surface area contributed by atoms with Gasteiger partial charge in [-0.1, -0.05) is 60.7 Å². The predicted octanol–water partition coefficient (Wildman–Crippen LogP) is 6.84. The molecule has 2 aromatic carbocycles. The number of rotatable bonds is 10. The number of likely N-dealkylation sites (tertiary alicyclic amines) is 2. The molecule has 4 aromatic heterocycles. The molecule has 2 saturated heterocycles. The number of amides is 3. The van der Waals surface area contributed by atoms with E-state index in [1.807, 2.05) is 65.7 Å². The van der Waals surface area contributed by atoms with Crippen molar-refractivity contribution < 1.29 is 19.5 Å². The van der Waals surface area contributed by atoms with Gasteiger partial charge in [-0.15, -0.1) is 0 Å². The lowest BCUT2D eigenvalue weighted by Crippen LogP contribution is -2.43. The van der Waals surface area contributed by atoms with Crippen LogP contribution in [0.3, 0.4) is 0 Å². The predicted molar refractivity (Wildman–Crippen MR) is 205 cm³/mol. The molecule has 13 heteroatoms. The molecule has 3 amide bonds. The molecule has 0 bridgehead atoms. The van der Waals surface area contributed by atoms with Crippen LogP contribution in [0.4, 0.5) is 4.79 Å². The van der Waals surface area contributed by atoms with Crippen molar-refractivity contribution in [3.8, 4) is 33.8 Å². The van der Waals surface area contributed by atoms with Crippen LogP contribution in [-0.2, 0) is 16.0 Å². The third-order valence-corrected chi connectivity index (χ3v) is 10.6. The van der Waals surface area contributed by atoms with Gasteiger partial charge in [0.2, 0.25) is 5.91 Å². The zero-order valence-corrected chi connectivity index (χ0v) is 30.4. The van der Waals surface area contributed by atoms with E-state index in [-0.39, 0.29) is 23.9 Å². The lowest BCUT2D eigenvalue weighted by molar-refractivity contribution is -0.137. The number of carbonyl (C=O) groups is 3. The van der Waals surface area contributed by atoms with E-state index in [1.165, 1.54) is 7.05 Å². The normalized spacial score (nSPS) is 17.3. The van der Waals surface area contributed by atoms with Gasteiger partial charge in [0, 0.05) is 49.9 Å². The molecule has 3 atom stereocenters. The molecule has 0 spiro atoms. The van der Waals surface area contributed by atoms with E-state index in [2.05, 4.69) is 15.0 Å². The van der Waals surface area contributed by atoms with Crippen molar-refractivity contribution >= 4 is 17.9 Å². The van der Waals surface area contributed by atoms with Gasteiger partial charge in [0.05, 0.1) is 48.0 Å². The molecule has 2 aliphatic heterocycles. The Balaban J connectivity index is 0.986. The maximum absolute atomic E-state index is 14.0. The van der Waals surface area contributed by atoms with Crippen LogP contribution in [0.2, 0.25) is 0 Å². The van der Waals surface area contributed by atoms with Crippen molar-refractivity contribution in [3.05, 3.63) is 133 Å². The Hall–Kier alpha value is -6.63. The summed E-state index contributed by atoms with van der Waals surface area (Å²) in [6.45, 7) is 1.21. The Kier molecular flexibility index (Phi) is 9.90. The first-order valence-corrected chi connectivity index (χ1v) is 18.5. The minimum atomic E-state index is -1.17. The molecule has 0 aliphatic carbocycles. The average Bonchev–Trinajstić information content (AvgIpc) is 4.06. The van der Waals surface area contributed by atoms with E-state index in [9.17, 15) is 19.5 Å². The fourth-order valence-electron chi connectivity index (χ4n) is 7.83. The second-order valence-electron chi connectivity index (χ2n) is 14.0. The lowest BCUT2D eigenvalue weighted by Gasteiger charge is -2.32. The molecule has 0 saturated carbocycles. The smallest absolute Gasteiger partial charge is 0.407 e. The molecule has 0 unspecified atom stereocenters. The van der Waals surface area contributed by atoms with Crippen LogP contribution in [-0.4, -0.2) is 87.8 Å². The van der Waals surface area contributed by atoms with Crippen molar-refractivity contribution in [1.82, 2.24) is 44.6 Å². The van der Waals surface area contributed by atoms with Gasteiger partial charge in [0.15, 0.2) is 0 Å². The summed E-state index contributed by atoms with van der Waals surface area (Å²) in [5.41, 5.74) is 6.69. The largest absolute Gasteiger partial charge is 0.465 e. The maximum Gasteiger partial charge on any atom is 0.407 e. The summed E-state index contributed by atoms with van der Waals surface area (Å²) in [5, 5.41) is 9.80. The Labute approximate surface area is 318 Å². The molecule has 6 aromatic rings. The summed E-state index contributed by atoms with van der Waals surface area (Å²) >= 11 is 0. The van der Waals surface area contributed by atoms with Gasteiger partial charge >= 0.3 is 6.09 Å². The second kappa shape index (κ2) is 15.4. The van der Waals surface area contributed by atoms with E-state index in [0.717, 1.165) is 69.3 Å². The molecule has 2 fully saturated rings. The molecule has 6 heterocycles. The van der Waals surface area contributed by atoms with Crippen LogP contribution in [0.1, 0.15) is 66.6 Å². The summed E-state index contributed by atoms with van der Waals surface area (Å²) in [7, 11) is 1.43. The van der Waals surface area contributed by atoms with Gasteiger partial charge in [0.25, 0.3) is 5.91 Å². The minimum absolute atomic E-state index is 0.0642. The highest BCUT2D eigenvalue weighted by Crippen LogP contribution is 2.37. The van der Waals surface area contributed by atoms with E-state index in [4.69, 9.17) is 15.0 Å². The number of hydrogen-bond acceptors (Lipinski definition) is 7. The van der Waals surface area contributed by atoms with Crippen molar-refractivity contribution in [3.63, 3.8) is 0 Å². The molecule has 13 nitrogen and oxygen atoms in total. The van der Waals surface area contributed by atoms with Crippen LogP contribution in [0.5, 0.6) is 0 Å². The number of hydrogen-bond donors (Lipinski definition) is 3. The fourth-order valence-corrected chi connectivity index (χ4v) is 7.83. The Bertz CT molecular complexity index is 2290. The standard InChI is InChI=1S/C42H41N9O4/c1-49(42(54)55)38(30-10-3-2-4-11-30)41(53)51-22-8-14-35(51)40-45-25-32(47-40)28-15-17-29(18-16-28)37-31(12-6-20-44-37)33-26-46-39(48-33)34-13-7-21-50(34)36(52)23-27-9-5-19-43-24-27/h2-6,9-12,15-20,24-26,34-35,38H,7-8,13-14,21-23H2,1H3,(H,45,47)(H,46,48)(H,54,55)/t34-,35-,38+/m0/s1. The molecule has 3 N–H and O–H groups in total. The number of carboxylic acid groups (broad SMARTS) is 1. The van der Waals surface area contributed by atoms with Crippen LogP contribution >= 0.6 is 0 Å². The Morgan fingerprint density at radius 2 is 1.42 bits per heavy atom. The number of aromatic nitrogens is 6. The lowest BCUT2D eigenvalue weighted by atomic mass is 10.0. The monoisotopic (exact) mass is 735 g/mol. The zero-order chi connectivity index (χ0) is 37.9. The number of pyridine rings is 2. The number of aromatic amines is 2. The SMILES string of the molecule is CN(C(=O)O)[C@@H](C(=O)N1CCC[C@H]1c1ncc(-c2ccc(-c3ncccc3-c3cnc([C@@H]4CCCN4C(=O)Cc4cccnc4)[nH]3)cc2)[nH]1)c1ccccc1. The van der Waals surface area contributed by atoms with Crippen LogP contribution < -0.4 is 0 Å². The molecule has 278 valence electrons. The van der Waals surface area contributed by atoms with E-state index in [0.29, 0.717) is 37.3 Å². The molecule has 55 heavy (non-hydrogen) atoms. The van der Waals surface area contributed by atoms with Crippen molar-refractivity contribution in [2.24, 2.45) is 0 Å². The van der Waals surface area contributed by atoms with Gasteiger partial charge < -0.3 is 24.9 Å². The van der Waals surface area contributed by atoms with Crippen molar-refractivity contribution in [2.75, 3.05) is 20.1 Å². The zero-order valence-electron chi connectivity index (χ0n) is 30.4. The first-order chi connectivity index (χ1) is 26.9. The number of imidazole rings is 2. The van der Waals surface area contributed by atoms with Crippen molar-refractivity contribution in [1.29, 1.82) is 0 Å². The molecule has 0 radical (unpaired) electrons. The minimum Gasteiger partial charge on any atom is -0.465 e. The third-order valence-electron chi connectivity index (χ3n) is 10.6. The first-order valence-electron chi connectivity index (χ1n) is 18.5. The highest BCUT2D eigenvalue weighted by Gasteiger charge is 2.39. The van der Waals surface area contributed by atoms with Crippen LogP contribution in [0, 0.1) is 0 Å². The summed E-state index contributed by atoms with van der Waals surface area (Å²) in [6.07, 6.45) is 11.2. The summed E-state index contributed by atoms with van der Waals surface area (Å²) < 4.78 is 0. The van der Waals surface area contributed by atoms with Gasteiger partial charge in [-0.25, -0.2) is 14.8 Å². The fraction of sp³-hybridized carbons (Fsp3) is 0.262. The summed E-state index contributed by atoms with van der Waals surface area (Å²) in [6, 6.07) is 23.4. The number of nitrogens with zero attached hydrogens (tertiary/aromatic N) is 7. The Morgan fingerprint density at radius 3 is 2.13 bits per heavy atom. The summed E-state index contributed by atoms with van der Waals surface area (Å²) in [5.74, 6) is 1.22. The van der Waals surface area contributed by atoms with E-state index >= 15 is 0 Å². The number of likely N-dealkylation sites (N-methyl/N-ethyl adjacent to an activating group) is 1. The highest BCUT2D eigenvalue weighted by atomic mass is 16.4. The third kappa shape index (κ3) is 7.20. The van der Waals surface area contributed by atoms with Gasteiger partial charge in [-0.2, -0.15) is 0 Å². The van der Waals surface area contributed by atoms with Gasteiger partial charge in [-0.3, -0.25) is 24.5 Å². The highest BCUT2D eigenvalue weighted by molar-refractivity contribution is 5.87. The van der Waals surface area contributed by atoms with Crippen LogP contribution in [0.15, 0.2) is 110 Å². The maximum atomic E-state index is 14.0. The molecule has 2 aliphatic rings. The second-order valence-corrected chi connectivity index (χ2v) is 14.0. The number of carbonyl (C=O) groups excluding carboxylic acids is 2. The van der Waals surface area contributed by atoms with Gasteiger partial charge in [0.1, 0.15) is 17.7 Å². The average molecular weight is 736 g/mol. The van der Waals surface area contributed by atoms with E-state index in [1.54, 1.807) is 54.0 Å². The summed E-state index contributed by atoms with van der Waals surface area (Å²) in [4.78, 5) is 69.3. The number of nitrogens with one attached hydrogen (secondary N) is 2. The Morgan fingerprint density at radius 1 is 0.764 bits per heavy atom. The molecule has 8 rings (SSSR count). The molecular weight excluding hydrogens is 695 g/mol. The number of H-pyrrole nitrogens is 2. The topological polar surface area (TPSA) is 164 Å². The van der Waals surface area contributed by atoms with Crippen molar-refractivity contribution in [2.45, 2.75) is 50.2 Å². The molecular formula is C42H41N9O4. The van der Waals surface area contributed by atoms with E-state index < -0.39 is 12.1 Å². The first kappa shape index (κ1) is 35.4. The van der Waals surface area contributed by atoms with Crippen LogP contribution in [0.25, 0.3) is 33.8 Å².